The molecule has 0 fully saturated rings. The Morgan fingerprint density at radius 2 is 1.96 bits per heavy atom. The molecule has 0 atom stereocenters. The number of carbonyl (C=O) groups is 2. The molecule has 2 heterocycles. The Kier molecular flexibility index (Phi) is 4.70. The van der Waals surface area contributed by atoms with Crippen LogP contribution in [0.4, 0.5) is 5.69 Å². The molecular weight excluding hydrogens is 338 g/mol. The van der Waals surface area contributed by atoms with Gasteiger partial charge in [-0.15, -0.1) is 0 Å². The Hall–Kier alpha value is -3.23. The predicted molar refractivity (Wildman–Crippen MR) is 93.3 cm³/mol. The maximum Gasteiger partial charge on any atom is 0.226 e. The molecule has 0 aliphatic rings. The molecule has 2 aromatic heterocycles. The molecule has 3 aromatic rings. The number of hydrogen-bond donors (Lipinski definition) is 1. The van der Waals surface area contributed by atoms with Crippen LogP contribution in [-0.4, -0.2) is 38.9 Å². The number of nitrogens with zero attached hydrogens (tertiary/aromatic N) is 4. The van der Waals surface area contributed by atoms with E-state index in [4.69, 9.17) is 9.37 Å². The van der Waals surface area contributed by atoms with Crippen LogP contribution in [0.2, 0.25) is 0 Å². The monoisotopic (exact) mass is 357 g/mol. The summed E-state index contributed by atoms with van der Waals surface area (Å²) in [5.74, 6) is 0.268. The third-order valence-corrected chi connectivity index (χ3v) is 4.16. The third-order valence-electron chi connectivity index (χ3n) is 4.16. The van der Waals surface area contributed by atoms with Crippen molar-refractivity contribution in [1.82, 2.24) is 20.1 Å². The van der Waals surface area contributed by atoms with Gasteiger partial charge >= 0.3 is 0 Å². The quantitative estimate of drug-likeness (QED) is 0.673. The Labute approximate surface area is 149 Å². The fraction of sp³-hybridized carbons (Fsp3) is 0.353. The fourth-order valence-corrected chi connectivity index (χ4v) is 2.95. The first-order valence-electron chi connectivity index (χ1n) is 8.06. The maximum atomic E-state index is 12.3. The largest absolute Gasteiger partial charge is 0.494 e. The summed E-state index contributed by atoms with van der Waals surface area (Å²) >= 11 is 0. The van der Waals surface area contributed by atoms with Crippen molar-refractivity contribution < 1.29 is 19.0 Å². The van der Waals surface area contributed by atoms with E-state index in [-0.39, 0.29) is 18.1 Å². The number of fused-ring (bicyclic) bond motifs is 1. The zero-order valence-electron chi connectivity index (χ0n) is 15.0. The lowest BCUT2D eigenvalue weighted by molar-refractivity contribution is -0.116. The Morgan fingerprint density at radius 1 is 1.23 bits per heavy atom. The van der Waals surface area contributed by atoms with Crippen LogP contribution in [0.15, 0.2) is 16.8 Å². The summed E-state index contributed by atoms with van der Waals surface area (Å²) < 4.78 is 11.6. The zero-order chi connectivity index (χ0) is 18.8. The molecule has 1 aromatic carbocycles. The van der Waals surface area contributed by atoms with Crippen molar-refractivity contribution in [3.8, 4) is 5.75 Å². The number of hydrogen-bond acceptors (Lipinski definition) is 7. The van der Waals surface area contributed by atoms with Crippen molar-refractivity contribution in [2.75, 3.05) is 12.4 Å². The highest BCUT2D eigenvalue weighted by molar-refractivity contribution is 6.00. The van der Waals surface area contributed by atoms with Crippen molar-refractivity contribution in [1.29, 1.82) is 0 Å². The van der Waals surface area contributed by atoms with Crippen LogP contribution < -0.4 is 10.1 Å². The van der Waals surface area contributed by atoms with Gasteiger partial charge in [0.1, 0.15) is 0 Å². The first-order chi connectivity index (χ1) is 12.4. The fourth-order valence-electron chi connectivity index (χ4n) is 2.95. The number of methoxy groups -OCH3 is 1. The van der Waals surface area contributed by atoms with Crippen molar-refractivity contribution in [3.05, 3.63) is 29.1 Å². The summed E-state index contributed by atoms with van der Waals surface area (Å²) in [6.07, 6.45) is 0.193. The second kappa shape index (κ2) is 6.95. The standard InChI is InChI=1S/C17H19N5O4/c1-9-15(11(3)23)10(2)22(19-9)8-7-14(24)18-12-5-6-13(25-4)17-16(12)20-26-21-17/h5-6H,7-8H2,1-4H3,(H,18,24). The number of anilines is 1. The maximum absolute atomic E-state index is 12.3. The lowest BCUT2D eigenvalue weighted by Gasteiger charge is -2.08. The topological polar surface area (TPSA) is 112 Å². The molecule has 0 unspecified atom stereocenters. The van der Waals surface area contributed by atoms with E-state index >= 15 is 0 Å². The van der Waals surface area contributed by atoms with E-state index in [1.807, 2.05) is 6.92 Å². The minimum Gasteiger partial charge on any atom is -0.494 e. The van der Waals surface area contributed by atoms with Crippen molar-refractivity contribution >= 4 is 28.4 Å². The molecule has 26 heavy (non-hydrogen) atoms. The summed E-state index contributed by atoms with van der Waals surface area (Å²) in [6, 6.07) is 3.36. The number of carbonyl (C=O) groups excluding carboxylic acids is 2. The van der Waals surface area contributed by atoms with Gasteiger partial charge in [0, 0.05) is 18.7 Å². The van der Waals surface area contributed by atoms with E-state index in [2.05, 4.69) is 20.7 Å². The first kappa shape index (κ1) is 17.6. The SMILES string of the molecule is COc1ccc(NC(=O)CCn2nc(C)c(C(C)=O)c2C)c2nonc12. The molecule has 0 aliphatic carbocycles. The van der Waals surface area contributed by atoms with Gasteiger partial charge in [0.2, 0.25) is 5.91 Å². The smallest absolute Gasteiger partial charge is 0.226 e. The molecule has 1 amide bonds. The molecule has 0 aliphatic heterocycles. The average Bonchev–Trinajstić information content (AvgIpc) is 3.18. The highest BCUT2D eigenvalue weighted by Crippen LogP contribution is 2.28. The second-order valence-electron chi connectivity index (χ2n) is 5.90. The number of rotatable bonds is 6. The van der Waals surface area contributed by atoms with Crippen molar-refractivity contribution in [2.24, 2.45) is 0 Å². The van der Waals surface area contributed by atoms with Crippen LogP contribution in [0.1, 0.15) is 35.1 Å². The summed E-state index contributed by atoms with van der Waals surface area (Å²) in [4.78, 5) is 24.0. The molecule has 0 saturated heterocycles. The van der Waals surface area contributed by atoms with Gasteiger partial charge in [-0.3, -0.25) is 14.3 Å². The third kappa shape index (κ3) is 3.15. The number of nitrogens with one attached hydrogen (secondary N) is 1. The molecule has 0 spiro atoms. The Morgan fingerprint density at radius 3 is 2.62 bits per heavy atom. The van der Waals surface area contributed by atoms with E-state index < -0.39 is 0 Å². The van der Waals surface area contributed by atoms with E-state index in [0.717, 1.165) is 5.69 Å². The van der Waals surface area contributed by atoms with Crippen LogP contribution in [0.5, 0.6) is 5.75 Å². The van der Waals surface area contributed by atoms with Gasteiger partial charge in [-0.05, 0) is 43.2 Å². The number of ether oxygens (including phenoxy) is 1. The van der Waals surface area contributed by atoms with Crippen LogP contribution in [-0.2, 0) is 11.3 Å². The van der Waals surface area contributed by atoms with Gasteiger partial charge in [-0.2, -0.15) is 5.10 Å². The number of aryl methyl sites for hydroxylation is 2. The zero-order valence-corrected chi connectivity index (χ0v) is 15.0. The van der Waals surface area contributed by atoms with Crippen molar-refractivity contribution in [2.45, 2.75) is 33.7 Å². The van der Waals surface area contributed by atoms with E-state index in [9.17, 15) is 9.59 Å². The van der Waals surface area contributed by atoms with Crippen LogP contribution in [0, 0.1) is 13.8 Å². The van der Waals surface area contributed by atoms with E-state index in [0.29, 0.717) is 40.3 Å². The molecule has 3 rings (SSSR count). The minimum atomic E-state index is -0.212. The Bertz CT molecular complexity index is 989. The molecule has 136 valence electrons. The summed E-state index contributed by atoms with van der Waals surface area (Å²) in [5.41, 5.74) is 3.38. The Balaban J connectivity index is 1.72. The molecule has 0 saturated carbocycles. The van der Waals surface area contributed by atoms with Crippen LogP contribution >= 0.6 is 0 Å². The summed E-state index contributed by atoms with van der Waals surface area (Å²) in [5, 5.41) is 14.7. The molecule has 9 nitrogen and oxygen atoms in total. The number of aromatic nitrogens is 4. The molecule has 0 radical (unpaired) electrons. The van der Waals surface area contributed by atoms with Crippen LogP contribution in [0.3, 0.4) is 0 Å². The van der Waals surface area contributed by atoms with Crippen LogP contribution in [0.25, 0.3) is 11.0 Å². The van der Waals surface area contributed by atoms with Gasteiger partial charge in [0.25, 0.3) is 0 Å². The number of benzene rings is 1. The van der Waals surface area contributed by atoms with Gasteiger partial charge < -0.3 is 10.1 Å². The lowest BCUT2D eigenvalue weighted by Crippen LogP contribution is -2.16. The molecule has 9 heteroatoms. The van der Waals surface area contributed by atoms with E-state index in [1.54, 1.807) is 23.7 Å². The normalized spacial score (nSPS) is 10.9. The minimum absolute atomic E-state index is 0.0325. The summed E-state index contributed by atoms with van der Waals surface area (Å²) in [7, 11) is 1.52. The first-order valence-corrected chi connectivity index (χ1v) is 8.06. The lowest BCUT2D eigenvalue weighted by atomic mass is 10.1. The number of ketones is 1. The van der Waals surface area contributed by atoms with Gasteiger partial charge in [0.05, 0.1) is 24.1 Å². The highest BCUT2D eigenvalue weighted by atomic mass is 16.6. The van der Waals surface area contributed by atoms with Gasteiger partial charge in [0.15, 0.2) is 22.6 Å². The van der Waals surface area contributed by atoms with Gasteiger partial charge in [-0.1, -0.05) is 0 Å². The highest BCUT2D eigenvalue weighted by Gasteiger charge is 2.17. The second-order valence-corrected chi connectivity index (χ2v) is 5.90. The predicted octanol–water partition coefficient (Wildman–Crippen LogP) is 2.28. The van der Waals surface area contributed by atoms with Crippen molar-refractivity contribution in [3.63, 3.8) is 0 Å². The number of Topliss-reactive ketones (excluding diaryl/α,β-unsaturated/α-hetero) is 1. The average molecular weight is 357 g/mol. The summed E-state index contributed by atoms with van der Waals surface area (Å²) in [6.45, 7) is 5.48. The van der Waals surface area contributed by atoms with Gasteiger partial charge in [-0.25, -0.2) is 4.63 Å². The molecular formula is C17H19N5O4. The molecule has 0 bridgehead atoms. The molecule has 1 N–H and O–H groups in total. The van der Waals surface area contributed by atoms with E-state index in [1.165, 1.54) is 14.0 Å². The number of amides is 1.